The van der Waals surface area contributed by atoms with Crippen molar-refractivity contribution in [1.29, 1.82) is 0 Å². The molecule has 2 aromatic carbocycles. The molecule has 26 heavy (non-hydrogen) atoms. The van der Waals surface area contributed by atoms with Gasteiger partial charge in [-0.1, -0.05) is 15.9 Å². The van der Waals surface area contributed by atoms with Crippen molar-refractivity contribution in [1.82, 2.24) is 0 Å². The van der Waals surface area contributed by atoms with E-state index in [-0.39, 0.29) is 0 Å². The maximum Gasteiger partial charge on any atom is 0.416 e. The first kappa shape index (κ1) is 22.3. The van der Waals surface area contributed by atoms with Crippen molar-refractivity contribution in [2.45, 2.75) is 40.0 Å². The van der Waals surface area contributed by atoms with Crippen LogP contribution in [0, 0.1) is 27.7 Å². The highest BCUT2D eigenvalue weighted by Gasteiger charge is 2.31. The summed E-state index contributed by atoms with van der Waals surface area (Å²) in [5, 5.41) is 0. The second-order valence-corrected chi connectivity index (χ2v) is 6.74. The van der Waals surface area contributed by atoms with Crippen molar-refractivity contribution in [2.24, 2.45) is 0 Å². The number of hydrogen-bond acceptors (Lipinski definition) is 1. The number of nitrogen functional groups attached to an aromatic ring is 1. The van der Waals surface area contributed by atoms with Crippen molar-refractivity contribution >= 4 is 21.6 Å². The van der Waals surface area contributed by atoms with E-state index in [4.69, 9.17) is 5.73 Å². The predicted octanol–water partition coefficient (Wildman–Crippen LogP) is 6.99. The van der Waals surface area contributed by atoms with Gasteiger partial charge in [0, 0.05) is 10.2 Å². The van der Waals surface area contributed by atoms with E-state index in [2.05, 4.69) is 15.9 Å². The summed E-state index contributed by atoms with van der Waals surface area (Å²) in [5.41, 5.74) is 6.86. The molecule has 1 nitrogen and oxygen atoms in total. The topological polar surface area (TPSA) is 26.0 Å². The Labute approximate surface area is 156 Å². The van der Waals surface area contributed by atoms with E-state index < -0.39 is 23.5 Å². The van der Waals surface area contributed by atoms with E-state index in [0.717, 1.165) is 28.7 Å². The highest BCUT2D eigenvalue weighted by molar-refractivity contribution is 9.10. The monoisotopic (exact) mass is 441 g/mol. The first-order valence-corrected chi connectivity index (χ1v) is 8.21. The largest absolute Gasteiger partial charge is 0.416 e. The van der Waals surface area contributed by atoms with Crippen molar-refractivity contribution in [2.75, 3.05) is 5.73 Å². The fraction of sp³-hybridized carbons (Fsp3) is 0.333. The molecule has 0 aliphatic heterocycles. The van der Waals surface area contributed by atoms with Gasteiger partial charge in [-0.05, 0) is 74.2 Å². The zero-order chi connectivity index (χ0) is 20.4. The molecule has 8 heteroatoms. The normalized spacial score (nSPS) is 11.8. The molecule has 2 rings (SSSR count). The van der Waals surface area contributed by atoms with Crippen LogP contribution in [0.3, 0.4) is 0 Å². The molecule has 144 valence electrons. The zero-order valence-electron chi connectivity index (χ0n) is 14.5. The molecule has 0 saturated heterocycles. The molecule has 2 aromatic rings. The van der Waals surface area contributed by atoms with Gasteiger partial charge in [0.25, 0.3) is 0 Å². The SMILES string of the molecule is Cc1cc(C(F)(F)F)cc(C)c1Br.Cc1cc(C(F)(F)F)cc(C)c1N. The molecule has 0 fully saturated rings. The summed E-state index contributed by atoms with van der Waals surface area (Å²) in [7, 11) is 0. The average molecular weight is 442 g/mol. The molecule has 0 aliphatic carbocycles. The fourth-order valence-corrected chi connectivity index (χ4v) is 2.48. The highest BCUT2D eigenvalue weighted by Crippen LogP contribution is 2.34. The lowest BCUT2D eigenvalue weighted by molar-refractivity contribution is -0.138. The van der Waals surface area contributed by atoms with Crippen LogP contribution in [0.5, 0.6) is 0 Å². The molecule has 0 bridgehead atoms. The Bertz CT molecular complexity index is 680. The summed E-state index contributed by atoms with van der Waals surface area (Å²) in [6.45, 7) is 6.42. The summed E-state index contributed by atoms with van der Waals surface area (Å²) in [6, 6.07) is 4.39. The fourth-order valence-electron chi connectivity index (χ4n) is 2.25. The van der Waals surface area contributed by atoms with Crippen LogP contribution < -0.4 is 5.73 Å². The molecule has 0 amide bonds. The predicted molar refractivity (Wildman–Crippen MR) is 93.9 cm³/mol. The number of rotatable bonds is 0. The third-order valence-corrected chi connectivity index (χ3v) is 4.94. The Morgan fingerprint density at radius 1 is 0.654 bits per heavy atom. The molecular weight excluding hydrogens is 424 g/mol. The third-order valence-electron chi connectivity index (χ3n) is 3.68. The standard InChI is InChI=1S/C9H8BrF3.C9H10F3N/c1-5-3-7(9(11,12)13)4-6(2)8(5)10;1-5-3-7(9(10,11)12)4-6(2)8(5)13/h3-4H,1-2H3;3-4H,13H2,1-2H3. The van der Waals surface area contributed by atoms with Crippen molar-refractivity contribution < 1.29 is 26.3 Å². The summed E-state index contributed by atoms with van der Waals surface area (Å²) >= 11 is 3.21. The number of alkyl halides is 6. The van der Waals surface area contributed by atoms with E-state index in [1.54, 1.807) is 27.7 Å². The molecule has 0 aliphatic rings. The summed E-state index contributed by atoms with van der Waals surface area (Å²) in [6.07, 6.45) is -8.54. The number of benzene rings is 2. The Morgan fingerprint density at radius 3 is 1.19 bits per heavy atom. The average Bonchev–Trinajstić information content (AvgIpc) is 2.48. The van der Waals surface area contributed by atoms with Crippen molar-refractivity contribution in [3.05, 3.63) is 62.1 Å². The van der Waals surface area contributed by atoms with Crippen LogP contribution in [-0.4, -0.2) is 0 Å². The molecule has 0 spiro atoms. The summed E-state index contributed by atoms with van der Waals surface area (Å²) in [5.74, 6) is 0. The third kappa shape index (κ3) is 5.65. The van der Waals surface area contributed by atoms with Gasteiger partial charge in [-0.2, -0.15) is 26.3 Å². The smallest absolute Gasteiger partial charge is 0.398 e. The molecule has 0 aromatic heterocycles. The number of hydrogen-bond donors (Lipinski definition) is 1. The first-order chi connectivity index (χ1) is 11.6. The number of halogens is 7. The second-order valence-electron chi connectivity index (χ2n) is 5.94. The van der Waals surface area contributed by atoms with E-state index in [1.807, 2.05) is 0 Å². The van der Waals surface area contributed by atoms with Crippen LogP contribution in [0.15, 0.2) is 28.7 Å². The molecule has 0 unspecified atom stereocenters. The van der Waals surface area contributed by atoms with Crippen LogP contribution in [-0.2, 0) is 12.4 Å². The summed E-state index contributed by atoms with van der Waals surface area (Å²) in [4.78, 5) is 0. The minimum absolute atomic E-state index is 0.424. The molecule has 0 radical (unpaired) electrons. The molecule has 0 heterocycles. The number of aryl methyl sites for hydroxylation is 4. The quantitative estimate of drug-likeness (QED) is 0.346. The Balaban J connectivity index is 0.000000260. The Hall–Kier alpha value is -1.70. The first-order valence-electron chi connectivity index (χ1n) is 7.42. The van der Waals surface area contributed by atoms with E-state index >= 15 is 0 Å². The van der Waals surface area contributed by atoms with E-state index in [9.17, 15) is 26.3 Å². The van der Waals surface area contributed by atoms with Gasteiger partial charge < -0.3 is 5.73 Å². The minimum Gasteiger partial charge on any atom is -0.398 e. The number of nitrogens with two attached hydrogens (primary N) is 1. The van der Waals surface area contributed by atoms with Crippen LogP contribution in [0.1, 0.15) is 33.4 Å². The number of anilines is 1. The maximum atomic E-state index is 12.3. The van der Waals surface area contributed by atoms with Crippen LogP contribution in [0.2, 0.25) is 0 Å². The lowest BCUT2D eigenvalue weighted by Crippen LogP contribution is -2.07. The van der Waals surface area contributed by atoms with Gasteiger partial charge in [0.05, 0.1) is 11.1 Å². The van der Waals surface area contributed by atoms with Crippen LogP contribution in [0.4, 0.5) is 32.0 Å². The van der Waals surface area contributed by atoms with Crippen molar-refractivity contribution in [3.63, 3.8) is 0 Å². The van der Waals surface area contributed by atoms with E-state index in [0.29, 0.717) is 27.9 Å². The lowest BCUT2D eigenvalue weighted by atomic mass is 10.0. The summed E-state index contributed by atoms with van der Waals surface area (Å²) < 4.78 is 74.2. The van der Waals surface area contributed by atoms with Gasteiger partial charge in [-0.3, -0.25) is 0 Å². The van der Waals surface area contributed by atoms with Gasteiger partial charge in [0.1, 0.15) is 0 Å². The minimum atomic E-state index is -4.29. The van der Waals surface area contributed by atoms with Crippen LogP contribution >= 0.6 is 15.9 Å². The Kier molecular flexibility index (Phi) is 6.79. The zero-order valence-corrected chi connectivity index (χ0v) is 16.1. The van der Waals surface area contributed by atoms with Gasteiger partial charge >= 0.3 is 12.4 Å². The maximum absolute atomic E-state index is 12.3. The molecule has 0 saturated carbocycles. The van der Waals surface area contributed by atoms with Crippen LogP contribution in [0.25, 0.3) is 0 Å². The second kappa shape index (κ2) is 7.90. The van der Waals surface area contributed by atoms with Gasteiger partial charge in [-0.25, -0.2) is 0 Å². The van der Waals surface area contributed by atoms with Gasteiger partial charge in [0.15, 0.2) is 0 Å². The Morgan fingerprint density at radius 2 is 0.923 bits per heavy atom. The van der Waals surface area contributed by atoms with E-state index in [1.165, 1.54) is 0 Å². The van der Waals surface area contributed by atoms with Crippen molar-refractivity contribution in [3.8, 4) is 0 Å². The molecule has 0 atom stereocenters. The highest BCUT2D eigenvalue weighted by atomic mass is 79.9. The van der Waals surface area contributed by atoms with Gasteiger partial charge in [0.2, 0.25) is 0 Å². The molecular formula is C18H18BrF6N. The molecule has 2 N–H and O–H groups in total. The van der Waals surface area contributed by atoms with Gasteiger partial charge in [-0.15, -0.1) is 0 Å². The lowest BCUT2D eigenvalue weighted by Gasteiger charge is -2.11.